The number of alkyl halides is 6. The van der Waals surface area contributed by atoms with E-state index in [1.54, 1.807) is 28.8 Å². The molecule has 0 spiro atoms. The van der Waals surface area contributed by atoms with Gasteiger partial charge in [-0.2, -0.15) is 26.3 Å². The topological polar surface area (TPSA) is 67.7 Å². The van der Waals surface area contributed by atoms with Crippen molar-refractivity contribution in [2.24, 2.45) is 5.73 Å². The van der Waals surface area contributed by atoms with Crippen molar-refractivity contribution in [3.05, 3.63) is 124 Å². The standard InChI is InChI=1S/C33H26F6N4/c1-19-3-9-22(10-4-19)28-29(23-11-5-20(2)6-12-23)43(18-21-7-13-24(14-8-21)30(40)41)31(42-28)25-15-26(32(34,35)36)17-27(16-25)33(37,38)39/h3-17H,18H2,1-2H3,(H3,40,41). The van der Waals surface area contributed by atoms with Crippen molar-refractivity contribution < 1.29 is 26.3 Å². The number of aromatic nitrogens is 2. The Kier molecular flexibility index (Phi) is 7.64. The van der Waals surface area contributed by atoms with Gasteiger partial charge in [-0.15, -0.1) is 0 Å². The predicted molar refractivity (Wildman–Crippen MR) is 155 cm³/mol. The van der Waals surface area contributed by atoms with Crippen LogP contribution in [0.15, 0.2) is 91.0 Å². The summed E-state index contributed by atoms with van der Waals surface area (Å²) < 4.78 is 84.9. The van der Waals surface area contributed by atoms with E-state index >= 15 is 0 Å². The minimum atomic E-state index is -5.02. The van der Waals surface area contributed by atoms with Gasteiger partial charge in [0, 0.05) is 28.8 Å². The first-order valence-corrected chi connectivity index (χ1v) is 13.2. The third-order valence-corrected chi connectivity index (χ3v) is 7.07. The van der Waals surface area contributed by atoms with Crippen LogP contribution in [0.1, 0.15) is 33.4 Å². The van der Waals surface area contributed by atoms with E-state index < -0.39 is 23.5 Å². The highest BCUT2D eigenvalue weighted by Crippen LogP contribution is 2.42. The van der Waals surface area contributed by atoms with Crippen LogP contribution in [0.4, 0.5) is 26.3 Å². The fourth-order valence-corrected chi connectivity index (χ4v) is 4.80. The summed E-state index contributed by atoms with van der Waals surface area (Å²) in [6, 6.07) is 23.0. The van der Waals surface area contributed by atoms with Crippen LogP contribution >= 0.6 is 0 Å². The van der Waals surface area contributed by atoms with Gasteiger partial charge >= 0.3 is 12.4 Å². The minimum Gasteiger partial charge on any atom is -0.384 e. The zero-order chi connectivity index (χ0) is 31.1. The summed E-state index contributed by atoms with van der Waals surface area (Å²) in [6.07, 6.45) is -10.0. The lowest BCUT2D eigenvalue weighted by atomic mass is 10.0. The fourth-order valence-electron chi connectivity index (χ4n) is 4.80. The maximum Gasteiger partial charge on any atom is 0.416 e. The Hall–Kier alpha value is -4.86. The van der Waals surface area contributed by atoms with Crippen LogP contribution in [0.5, 0.6) is 0 Å². The Morgan fingerprint density at radius 1 is 0.698 bits per heavy atom. The average Bonchev–Trinajstić information content (AvgIpc) is 3.32. The first-order chi connectivity index (χ1) is 20.2. The van der Waals surface area contributed by atoms with Gasteiger partial charge in [-0.1, -0.05) is 83.9 Å². The first-order valence-electron chi connectivity index (χ1n) is 13.2. The molecule has 4 nitrogen and oxygen atoms in total. The van der Waals surface area contributed by atoms with Crippen LogP contribution in [-0.2, 0) is 18.9 Å². The summed E-state index contributed by atoms with van der Waals surface area (Å²) >= 11 is 0. The highest BCUT2D eigenvalue weighted by atomic mass is 19.4. The van der Waals surface area contributed by atoms with E-state index in [1.807, 2.05) is 62.4 Å². The number of benzene rings is 4. The van der Waals surface area contributed by atoms with Crippen LogP contribution in [0.3, 0.4) is 0 Å². The van der Waals surface area contributed by atoms with Crippen molar-refractivity contribution in [1.29, 1.82) is 5.41 Å². The predicted octanol–water partition coefficient (Wildman–Crippen LogP) is 8.87. The number of imidazole rings is 1. The van der Waals surface area contributed by atoms with E-state index in [-0.39, 0.29) is 29.8 Å². The molecule has 3 N–H and O–H groups in total. The molecule has 10 heteroatoms. The second-order valence-electron chi connectivity index (χ2n) is 10.4. The molecule has 0 aliphatic carbocycles. The van der Waals surface area contributed by atoms with Crippen molar-refractivity contribution in [2.75, 3.05) is 0 Å². The summed E-state index contributed by atoms with van der Waals surface area (Å²) in [5.74, 6) is -0.195. The molecule has 5 rings (SSSR count). The van der Waals surface area contributed by atoms with Crippen molar-refractivity contribution >= 4 is 5.84 Å². The van der Waals surface area contributed by atoms with E-state index in [0.29, 0.717) is 45.8 Å². The van der Waals surface area contributed by atoms with Crippen LogP contribution in [-0.4, -0.2) is 15.4 Å². The van der Waals surface area contributed by atoms with E-state index in [9.17, 15) is 26.3 Å². The van der Waals surface area contributed by atoms with E-state index in [2.05, 4.69) is 0 Å². The Labute approximate surface area is 244 Å². The Balaban J connectivity index is 1.84. The maximum absolute atomic E-state index is 13.9. The first kappa shape index (κ1) is 29.6. The third kappa shape index (κ3) is 6.33. The van der Waals surface area contributed by atoms with Crippen molar-refractivity contribution in [3.63, 3.8) is 0 Å². The van der Waals surface area contributed by atoms with Gasteiger partial charge in [-0.3, -0.25) is 5.41 Å². The molecular weight excluding hydrogens is 566 g/mol. The van der Waals surface area contributed by atoms with Crippen molar-refractivity contribution in [2.45, 2.75) is 32.7 Å². The number of rotatable bonds is 6. The quantitative estimate of drug-likeness (QED) is 0.118. The van der Waals surface area contributed by atoms with Gasteiger partial charge in [0.05, 0.1) is 22.5 Å². The molecule has 1 heterocycles. The number of hydrogen-bond acceptors (Lipinski definition) is 2. The highest BCUT2D eigenvalue weighted by molar-refractivity contribution is 5.94. The number of aryl methyl sites for hydroxylation is 2. The second kappa shape index (κ2) is 11.1. The van der Waals surface area contributed by atoms with Gasteiger partial charge in [0.15, 0.2) is 0 Å². The molecule has 0 atom stereocenters. The van der Waals surface area contributed by atoms with E-state index in [4.69, 9.17) is 16.1 Å². The summed E-state index contributed by atoms with van der Waals surface area (Å²) in [4.78, 5) is 4.74. The van der Waals surface area contributed by atoms with Crippen LogP contribution in [0.2, 0.25) is 0 Å². The van der Waals surface area contributed by atoms with Gasteiger partial charge in [0.2, 0.25) is 0 Å². The Morgan fingerprint density at radius 2 is 1.19 bits per heavy atom. The number of amidine groups is 1. The average molecular weight is 593 g/mol. The molecule has 0 aliphatic rings. The van der Waals surface area contributed by atoms with Crippen LogP contribution in [0.25, 0.3) is 33.9 Å². The SMILES string of the molecule is Cc1ccc(-c2nc(-c3cc(C(F)(F)F)cc(C(F)(F)F)c3)n(Cc3ccc(C(=N)N)cc3)c2-c2ccc(C)cc2)cc1. The third-order valence-electron chi connectivity index (χ3n) is 7.07. The van der Waals surface area contributed by atoms with Gasteiger partial charge in [0.1, 0.15) is 11.7 Å². The second-order valence-corrected chi connectivity index (χ2v) is 10.4. The molecule has 0 amide bonds. The van der Waals surface area contributed by atoms with E-state index in [0.717, 1.165) is 11.1 Å². The summed E-state index contributed by atoms with van der Waals surface area (Å²) in [7, 11) is 0. The summed E-state index contributed by atoms with van der Waals surface area (Å²) in [6.45, 7) is 3.87. The van der Waals surface area contributed by atoms with Gasteiger partial charge in [-0.05, 0) is 37.6 Å². The van der Waals surface area contributed by atoms with Gasteiger partial charge in [0.25, 0.3) is 0 Å². The lowest BCUT2D eigenvalue weighted by Crippen LogP contribution is -2.12. The number of halogens is 6. The largest absolute Gasteiger partial charge is 0.416 e. The van der Waals surface area contributed by atoms with Gasteiger partial charge < -0.3 is 10.3 Å². The molecular formula is C33H26F6N4. The minimum absolute atomic E-state index is 0.0570. The highest BCUT2D eigenvalue weighted by Gasteiger charge is 2.37. The number of nitrogens with zero attached hydrogens (tertiary/aromatic N) is 2. The molecule has 0 radical (unpaired) electrons. The fraction of sp³-hybridized carbons (Fsp3) is 0.152. The Morgan fingerprint density at radius 3 is 1.65 bits per heavy atom. The monoisotopic (exact) mass is 592 g/mol. The van der Waals surface area contributed by atoms with Crippen molar-refractivity contribution in [1.82, 2.24) is 9.55 Å². The van der Waals surface area contributed by atoms with Crippen LogP contribution in [0, 0.1) is 19.3 Å². The maximum atomic E-state index is 13.9. The molecule has 0 bridgehead atoms. The van der Waals surface area contributed by atoms with Crippen LogP contribution < -0.4 is 5.73 Å². The number of nitrogens with two attached hydrogens (primary N) is 1. The summed E-state index contributed by atoms with van der Waals surface area (Å²) in [5.41, 5.74) is 7.78. The molecule has 0 unspecified atom stereocenters. The molecule has 0 fully saturated rings. The lowest BCUT2D eigenvalue weighted by Gasteiger charge is -2.17. The van der Waals surface area contributed by atoms with Crippen molar-refractivity contribution in [3.8, 4) is 33.9 Å². The molecule has 5 aromatic rings. The molecule has 4 aromatic carbocycles. The molecule has 0 saturated carbocycles. The lowest BCUT2D eigenvalue weighted by molar-refractivity contribution is -0.143. The zero-order valence-electron chi connectivity index (χ0n) is 23.1. The smallest absolute Gasteiger partial charge is 0.384 e. The Bertz CT molecular complexity index is 1750. The molecule has 43 heavy (non-hydrogen) atoms. The summed E-state index contributed by atoms with van der Waals surface area (Å²) in [5, 5.41) is 7.67. The number of hydrogen-bond donors (Lipinski definition) is 2. The number of nitrogens with one attached hydrogen (secondary N) is 1. The van der Waals surface area contributed by atoms with Gasteiger partial charge in [-0.25, -0.2) is 4.98 Å². The normalized spacial score (nSPS) is 12.0. The molecule has 220 valence electrons. The molecule has 0 saturated heterocycles. The molecule has 1 aromatic heterocycles. The number of nitrogen functional groups attached to an aromatic ring is 1. The molecule has 0 aliphatic heterocycles. The van der Waals surface area contributed by atoms with E-state index in [1.165, 1.54) is 0 Å². The zero-order valence-corrected chi connectivity index (χ0v) is 23.1.